The van der Waals surface area contributed by atoms with Crippen LogP contribution in [0.3, 0.4) is 0 Å². The van der Waals surface area contributed by atoms with E-state index in [-0.39, 0.29) is 29.8 Å². The van der Waals surface area contributed by atoms with Gasteiger partial charge < -0.3 is 18.8 Å². The van der Waals surface area contributed by atoms with E-state index in [2.05, 4.69) is 18.4 Å². The Morgan fingerprint density at radius 2 is 1.67 bits per heavy atom. The number of fused-ring (bicyclic) bond motifs is 3. The molecule has 1 fully saturated rings. The summed E-state index contributed by atoms with van der Waals surface area (Å²) in [7, 11) is 0. The van der Waals surface area contributed by atoms with Gasteiger partial charge in [-0.2, -0.15) is 0 Å². The largest absolute Gasteiger partial charge is 0.460 e. The number of nitrogens with zero attached hydrogens (tertiary/aromatic N) is 2. The van der Waals surface area contributed by atoms with Gasteiger partial charge in [-0.05, 0) is 90.4 Å². The molecule has 0 aliphatic carbocycles. The molecule has 3 heterocycles. The summed E-state index contributed by atoms with van der Waals surface area (Å²) in [6, 6.07) is 23.8. The van der Waals surface area contributed by atoms with Crippen LogP contribution in [-0.4, -0.2) is 38.7 Å². The smallest absolute Gasteiger partial charge is 0.308 e. The first-order valence-electron chi connectivity index (χ1n) is 16.5. The van der Waals surface area contributed by atoms with Gasteiger partial charge in [0.05, 0.1) is 24.1 Å². The fourth-order valence-corrected chi connectivity index (χ4v) is 6.78. The van der Waals surface area contributed by atoms with E-state index in [0.717, 1.165) is 38.8 Å². The molecule has 2 atom stereocenters. The van der Waals surface area contributed by atoms with Crippen molar-refractivity contribution in [3.8, 4) is 16.8 Å². The first-order chi connectivity index (χ1) is 22.7. The lowest BCUT2D eigenvalue weighted by molar-refractivity contribution is -0.290. The third-order valence-electron chi connectivity index (χ3n) is 8.39. The number of pyridine rings is 1. The van der Waals surface area contributed by atoms with Gasteiger partial charge in [0.2, 0.25) is 0 Å². The standard InChI is InChI=1S/C40H43FN2O5/c1-25(2)42-33(22-21-29-23-30(47-40(6,7)46-29)24-34(44)48-39(3,4)5)35(26-17-19-27(41)20-18-26)36-31-15-11-12-16-32(31)43(38(45)37(36)42)28-13-9-8-10-14-28/h8-22,25,29-30H,23-24H2,1-7H3. The molecule has 0 saturated carbocycles. The van der Waals surface area contributed by atoms with Crippen LogP contribution >= 0.6 is 0 Å². The zero-order valence-corrected chi connectivity index (χ0v) is 28.6. The summed E-state index contributed by atoms with van der Waals surface area (Å²) in [5.41, 5.74) is 3.79. The molecule has 6 rings (SSSR count). The van der Waals surface area contributed by atoms with Crippen molar-refractivity contribution < 1.29 is 23.4 Å². The van der Waals surface area contributed by atoms with E-state index >= 15 is 0 Å². The van der Waals surface area contributed by atoms with Crippen LogP contribution in [0, 0.1) is 5.82 Å². The number of ether oxygens (including phenoxy) is 3. The van der Waals surface area contributed by atoms with Crippen molar-refractivity contribution in [3.63, 3.8) is 0 Å². The summed E-state index contributed by atoms with van der Waals surface area (Å²) in [6.07, 6.45) is 3.72. The van der Waals surface area contributed by atoms with Crippen molar-refractivity contribution in [2.45, 2.75) is 90.9 Å². The van der Waals surface area contributed by atoms with Crippen molar-refractivity contribution in [1.29, 1.82) is 0 Å². The Balaban J connectivity index is 1.56. The molecule has 48 heavy (non-hydrogen) atoms. The van der Waals surface area contributed by atoms with E-state index in [9.17, 15) is 14.0 Å². The van der Waals surface area contributed by atoms with Crippen molar-refractivity contribution in [2.24, 2.45) is 0 Å². The van der Waals surface area contributed by atoms with Crippen LogP contribution < -0.4 is 5.56 Å². The van der Waals surface area contributed by atoms with Crippen LogP contribution in [0.4, 0.5) is 4.39 Å². The molecule has 2 unspecified atom stereocenters. The molecule has 2 aromatic heterocycles. The van der Waals surface area contributed by atoms with Crippen molar-refractivity contribution in [1.82, 2.24) is 9.13 Å². The lowest BCUT2D eigenvalue weighted by atomic mass is 9.98. The second-order valence-corrected chi connectivity index (χ2v) is 14.1. The molecule has 1 aliphatic rings. The van der Waals surface area contributed by atoms with E-state index < -0.39 is 23.6 Å². The minimum Gasteiger partial charge on any atom is -0.460 e. The van der Waals surface area contributed by atoms with Gasteiger partial charge in [0, 0.05) is 40.2 Å². The molecule has 3 aromatic carbocycles. The molecule has 5 aromatic rings. The van der Waals surface area contributed by atoms with Gasteiger partial charge in [-0.3, -0.25) is 14.2 Å². The number of halogens is 1. The van der Waals surface area contributed by atoms with Crippen LogP contribution in [0.1, 0.15) is 73.0 Å². The maximum absolute atomic E-state index is 14.7. The fraction of sp³-hybridized carbons (Fsp3) is 0.350. The van der Waals surface area contributed by atoms with Gasteiger partial charge in [-0.15, -0.1) is 0 Å². The van der Waals surface area contributed by atoms with Crippen LogP contribution in [-0.2, 0) is 19.0 Å². The highest BCUT2D eigenvalue weighted by atomic mass is 19.1. The molecule has 8 heteroatoms. The number of carbonyl (C=O) groups excluding carboxylic acids is 1. The quantitative estimate of drug-likeness (QED) is 0.165. The molecule has 1 aliphatic heterocycles. The maximum Gasteiger partial charge on any atom is 0.308 e. The Morgan fingerprint density at radius 1 is 1.00 bits per heavy atom. The minimum absolute atomic E-state index is 0.104. The van der Waals surface area contributed by atoms with E-state index in [1.165, 1.54) is 12.1 Å². The molecule has 0 amide bonds. The highest BCUT2D eigenvalue weighted by Crippen LogP contribution is 2.41. The normalized spacial score (nSPS) is 18.3. The van der Waals surface area contributed by atoms with E-state index in [1.54, 1.807) is 16.7 Å². The molecule has 1 saturated heterocycles. The van der Waals surface area contributed by atoms with Gasteiger partial charge in [0.25, 0.3) is 5.56 Å². The monoisotopic (exact) mass is 650 g/mol. The Kier molecular flexibility index (Phi) is 8.92. The maximum atomic E-state index is 14.7. The van der Waals surface area contributed by atoms with Gasteiger partial charge in [-0.1, -0.05) is 54.6 Å². The number of aromatic nitrogens is 2. The molecular weight excluding hydrogens is 607 g/mol. The van der Waals surface area contributed by atoms with Crippen molar-refractivity contribution >= 4 is 33.9 Å². The van der Waals surface area contributed by atoms with Crippen LogP contribution in [0.2, 0.25) is 0 Å². The minimum atomic E-state index is -0.940. The average Bonchev–Trinajstić information content (AvgIpc) is 3.35. The number of hydrogen-bond donors (Lipinski definition) is 0. The zero-order valence-electron chi connectivity index (χ0n) is 28.6. The molecule has 0 bridgehead atoms. The van der Waals surface area contributed by atoms with Crippen molar-refractivity contribution in [3.05, 3.63) is 107 Å². The molecule has 0 radical (unpaired) electrons. The summed E-state index contributed by atoms with van der Waals surface area (Å²) < 4.78 is 36.1. The summed E-state index contributed by atoms with van der Waals surface area (Å²) in [5, 5.41) is 1.71. The number of esters is 1. The van der Waals surface area contributed by atoms with Gasteiger partial charge in [0.15, 0.2) is 5.79 Å². The third kappa shape index (κ3) is 6.73. The molecule has 7 nitrogen and oxygen atoms in total. The number of para-hydroxylation sites is 2. The summed E-state index contributed by atoms with van der Waals surface area (Å²) in [4.78, 5) is 27.4. The van der Waals surface area contributed by atoms with E-state index in [0.29, 0.717) is 11.9 Å². The van der Waals surface area contributed by atoms with Crippen LogP contribution in [0.25, 0.3) is 44.7 Å². The molecule has 0 N–H and O–H groups in total. The summed E-state index contributed by atoms with van der Waals surface area (Å²) in [6.45, 7) is 13.3. The number of carbonyl (C=O) groups is 1. The van der Waals surface area contributed by atoms with E-state index in [4.69, 9.17) is 14.2 Å². The Morgan fingerprint density at radius 3 is 2.33 bits per heavy atom. The molecule has 0 spiro atoms. The van der Waals surface area contributed by atoms with Gasteiger partial charge >= 0.3 is 5.97 Å². The lowest BCUT2D eigenvalue weighted by Crippen LogP contribution is -2.45. The second kappa shape index (κ2) is 12.8. The zero-order chi connectivity index (χ0) is 34.4. The molecular formula is C40H43FN2O5. The SMILES string of the molecule is CC(C)n1c(C=CC2CC(CC(=O)OC(C)(C)C)OC(C)(C)O2)c(-c2ccc(F)cc2)c2c3ccccc3n(-c3ccccc3)c(=O)c21. The number of hydrogen-bond acceptors (Lipinski definition) is 5. The lowest BCUT2D eigenvalue weighted by Gasteiger charge is -2.39. The number of benzene rings is 3. The summed E-state index contributed by atoms with van der Waals surface area (Å²) in [5.74, 6) is -1.61. The second-order valence-electron chi connectivity index (χ2n) is 14.1. The van der Waals surface area contributed by atoms with Crippen LogP contribution in [0.5, 0.6) is 0 Å². The number of rotatable bonds is 7. The van der Waals surface area contributed by atoms with Gasteiger partial charge in [-0.25, -0.2) is 4.39 Å². The third-order valence-corrected chi connectivity index (χ3v) is 8.39. The fourth-order valence-electron chi connectivity index (χ4n) is 6.78. The first kappa shape index (κ1) is 33.4. The Hall–Kier alpha value is -4.53. The van der Waals surface area contributed by atoms with Crippen LogP contribution in [0.15, 0.2) is 89.7 Å². The Bertz CT molecular complexity index is 2050. The van der Waals surface area contributed by atoms with Crippen molar-refractivity contribution in [2.75, 3.05) is 0 Å². The highest BCUT2D eigenvalue weighted by molar-refractivity contribution is 6.15. The topological polar surface area (TPSA) is 71.7 Å². The average molecular weight is 651 g/mol. The predicted molar refractivity (Wildman–Crippen MR) is 189 cm³/mol. The first-order valence-corrected chi connectivity index (χ1v) is 16.5. The summed E-state index contributed by atoms with van der Waals surface area (Å²) >= 11 is 0. The molecule has 250 valence electrons. The highest BCUT2D eigenvalue weighted by Gasteiger charge is 2.36. The van der Waals surface area contributed by atoms with Gasteiger partial charge in [0.1, 0.15) is 16.9 Å². The predicted octanol–water partition coefficient (Wildman–Crippen LogP) is 8.99. The Labute approximate surface area is 280 Å². The van der Waals surface area contributed by atoms with E-state index in [1.807, 2.05) is 101 Å².